The molecule has 196 valence electrons. The van der Waals surface area contributed by atoms with Gasteiger partial charge in [0.05, 0.1) is 18.8 Å². The van der Waals surface area contributed by atoms with Gasteiger partial charge < -0.3 is 30.3 Å². The fraction of sp³-hybridized carbons (Fsp3) is 0.571. The number of H-pyrrole nitrogens is 2. The number of hydrogen-bond acceptors (Lipinski definition) is 9. The number of aliphatic hydroxyl groups is 2. The third kappa shape index (κ3) is 5.18. The van der Waals surface area contributed by atoms with Gasteiger partial charge in [-0.2, -0.15) is 0 Å². The highest BCUT2D eigenvalue weighted by Crippen LogP contribution is 2.28. The topological polar surface area (TPSA) is 210 Å². The van der Waals surface area contributed by atoms with Gasteiger partial charge in [0.2, 0.25) is 0 Å². The number of rotatable bonds is 6. The fourth-order valence-electron chi connectivity index (χ4n) is 4.30. The normalized spacial score (nSPS) is 27.8. The molecule has 2 aromatic rings. The van der Waals surface area contributed by atoms with Gasteiger partial charge in [0, 0.05) is 42.9 Å². The van der Waals surface area contributed by atoms with Crippen molar-refractivity contribution in [2.24, 2.45) is 0 Å². The number of hydrogen-bond donors (Lipinski definition) is 6. The fourth-order valence-corrected chi connectivity index (χ4v) is 4.30. The number of urea groups is 1. The van der Waals surface area contributed by atoms with E-state index in [1.807, 2.05) is 0 Å². The predicted molar refractivity (Wildman–Crippen MR) is 123 cm³/mol. The molecular formula is C21H28N6O9. The molecule has 0 saturated carbocycles. The van der Waals surface area contributed by atoms with Crippen molar-refractivity contribution in [3.05, 3.63) is 65.2 Å². The van der Waals surface area contributed by atoms with Gasteiger partial charge in [-0.25, -0.2) is 14.4 Å². The lowest BCUT2D eigenvalue weighted by Crippen LogP contribution is -2.49. The van der Waals surface area contributed by atoms with Gasteiger partial charge in [-0.05, 0) is 13.8 Å². The zero-order valence-electron chi connectivity index (χ0n) is 19.6. The molecule has 2 fully saturated rings. The van der Waals surface area contributed by atoms with Crippen molar-refractivity contribution >= 4 is 6.03 Å². The van der Waals surface area contributed by atoms with Crippen LogP contribution in [0.15, 0.2) is 31.6 Å². The SMILES string of the molecule is Cc1cn([C@H]2C[C@H](NC(=O)NC[C@H]3O[C@@H](n4cc(C)c(=O)[nH]c4=O)C[C@@H]3O)[C@@H](CO)O2)c(=O)[nH]c1=O. The molecule has 2 amide bonds. The van der Waals surface area contributed by atoms with E-state index < -0.39 is 71.9 Å². The van der Waals surface area contributed by atoms with Gasteiger partial charge in [0.1, 0.15) is 24.7 Å². The van der Waals surface area contributed by atoms with Crippen LogP contribution in [0.3, 0.4) is 0 Å². The molecule has 15 nitrogen and oxygen atoms in total. The summed E-state index contributed by atoms with van der Waals surface area (Å²) in [5.74, 6) is 0. The number of carbonyl (C=O) groups excluding carboxylic acids is 1. The zero-order chi connectivity index (χ0) is 26.1. The highest BCUT2D eigenvalue weighted by atomic mass is 16.5. The standard InChI is InChI=1S/C21H28N6O9/c1-9-6-26(20(33)24-17(9)30)15-3-11(14(8-28)36-15)23-19(32)22-5-13-12(29)4-16(35-13)27-7-10(2)18(31)25-21(27)34/h6-7,11-16,28-29H,3-5,8H2,1-2H3,(H2,22,23,32)(H,24,30,33)(H,25,31,34)/t11-,12-,13+,14+,15+,16+/m0/s1. The van der Waals surface area contributed by atoms with Gasteiger partial charge >= 0.3 is 17.4 Å². The molecule has 0 aliphatic carbocycles. The lowest BCUT2D eigenvalue weighted by atomic mass is 10.1. The first-order valence-corrected chi connectivity index (χ1v) is 11.4. The summed E-state index contributed by atoms with van der Waals surface area (Å²) in [6.07, 6.45) is -1.28. The molecule has 2 aromatic heterocycles. The summed E-state index contributed by atoms with van der Waals surface area (Å²) in [7, 11) is 0. The number of aromatic nitrogens is 4. The molecule has 2 saturated heterocycles. The van der Waals surface area contributed by atoms with Crippen LogP contribution in [0.5, 0.6) is 0 Å². The average molecular weight is 508 g/mol. The van der Waals surface area contributed by atoms with Crippen molar-refractivity contribution < 1.29 is 24.5 Å². The first-order valence-electron chi connectivity index (χ1n) is 11.4. The van der Waals surface area contributed by atoms with E-state index in [0.717, 1.165) is 0 Å². The minimum Gasteiger partial charge on any atom is -0.394 e. The van der Waals surface area contributed by atoms with E-state index in [0.29, 0.717) is 11.1 Å². The number of nitrogens with zero attached hydrogens (tertiary/aromatic N) is 2. The molecule has 0 spiro atoms. The number of aromatic amines is 2. The Hall–Kier alpha value is -3.53. The first kappa shape index (κ1) is 25.6. The van der Waals surface area contributed by atoms with Gasteiger partial charge in [-0.3, -0.25) is 28.7 Å². The predicted octanol–water partition coefficient (Wildman–Crippen LogP) is -2.70. The van der Waals surface area contributed by atoms with E-state index in [1.54, 1.807) is 0 Å². The third-order valence-corrected chi connectivity index (χ3v) is 6.31. The Labute approximate surface area is 202 Å². The quantitative estimate of drug-likeness (QED) is 0.239. The van der Waals surface area contributed by atoms with Crippen molar-refractivity contribution in [1.29, 1.82) is 0 Å². The van der Waals surface area contributed by atoms with E-state index in [4.69, 9.17) is 9.47 Å². The molecule has 6 atom stereocenters. The minimum atomic E-state index is -0.978. The third-order valence-electron chi connectivity index (χ3n) is 6.31. The summed E-state index contributed by atoms with van der Waals surface area (Å²) < 4.78 is 13.8. The van der Waals surface area contributed by atoms with Gasteiger partial charge in [-0.15, -0.1) is 0 Å². The van der Waals surface area contributed by atoms with Crippen LogP contribution in [0.25, 0.3) is 0 Å². The lowest BCUT2D eigenvalue weighted by molar-refractivity contribution is -0.0287. The number of ether oxygens (including phenoxy) is 2. The second-order valence-corrected chi connectivity index (χ2v) is 8.90. The molecule has 4 heterocycles. The molecule has 4 rings (SSSR count). The van der Waals surface area contributed by atoms with Crippen LogP contribution in [0.1, 0.15) is 36.4 Å². The van der Waals surface area contributed by atoms with Crippen LogP contribution >= 0.6 is 0 Å². The van der Waals surface area contributed by atoms with Crippen LogP contribution in [-0.2, 0) is 9.47 Å². The van der Waals surface area contributed by atoms with Crippen LogP contribution < -0.4 is 33.1 Å². The van der Waals surface area contributed by atoms with Crippen molar-refractivity contribution in [1.82, 2.24) is 29.7 Å². The van der Waals surface area contributed by atoms with Gasteiger partial charge in [0.15, 0.2) is 0 Å². The van der Waals surface area contributed by atoms with Crippen LogP contribution in [0, 0.1) is 13.8 Å². The second kappa shape index (κ2) is 10.2. The zero-order valence-corrected chi connectivity index (χ0v) is 19.6. The largest absolute Gasteiger partial charge is 0.394 e. The Kier molecular flexibility index (Phi) is 7.26. The van der Waals surface area contributed by atoms with Crippen LogP contribution in [0.2, 0.25) is 0 Å². The monoisotopic (exact) mass is 508 g/mol. The summed E-state index contributed by atoms with van der Waals surface area (Å²) in [5, 5.41) is 25.3. The first-order chi connectivity index (χ1) is 17.1. The van der Waals surface area contributed by atoms with E-state index in [-0.39, 0.29) is 19.4 Å². The van der Waals surface area contributed by atoms with Crippen molar-refractivity contribution in [3.63, 3.8) is 0 Å². The summed E-state index contributed by atoms with van der Waals surface area (Å²) in [6.45, 7) is 2.57. The van der Waals surface area contributed by atoms with Crippen LogP contribution in [0.4, 0.5) is 4.79 Å². The number of nitrogens with one attached hydrogen (secondary N) is 4. The molecule has 0 radical (unpaired) electrons. The second-order valence-electron chi connectivity index (χ2n) is 8.90. The van der Waals surface area contributed by atoms with E-state index in [2.05, 4.69) is 20.6 Å². The summed E-state index contributed by atoms with van der Waals surface area (Å²) in [4.78, 5) is 64.3. The maximum Gasteiger partial charge on any atom is 0.330 e. The molecule has 0 aromatic carbocycles. The molecule has 0 unspecified atom stereocenters. The summed E-state index contributed by atoms with van der Waals surface area (Å²) in [6, 6.07) is -1.27. The van der Waals surface area contributed by atoms with E-state index in [9.17, 15) is 34.2 Å². The summed E-state index contributed by atoms with van der Waals surface area (Å²) >= 11 is 0. The van der Waals surface area contributed by atoms with Crippen molar-refractivity contribution in [2.75, 3.05) is 13.2 Å². The molecular weight excluding hydrogens is 480 g/mol. The molecule has 2 aliphatic heterocycles. The van der Waals surface area contributed by atoms with E-state index in [1.165, 1.54) is 35.4 Å². The van der Waals surface area contributed by atoms with Gasteiger partial charge in [0.25, 0.3) is 11.1 Å². The van der Waals surface area contributed by atoms with Crippen LogP contribution in [-0.4, -0.2) is 72.9 Å². The number of aryl methyl sites for hydroxylation is 2. The average Bonchev–Trinajstić information content (AvgIpc) is 3.40. The Bertz CT molecular complexity index is 1360. The maximum atomic E-state index is 12.5. The van der Waals surface area contributed by atoms with E-state index >= 15 is 0 Å². The Morgan fingerprint density at radius 2 is 1.50 bits per heavy atom. The summed E-state index contributed by atoms with van der Waals surface area (Å²) in [5.41, 5.74) is -1.75. The minimum absolute atomic E-state index is 0.0808. The highest BCUT2D eigenvalue weighted by Gasteiger charge is 2.38. The lowest BCUT2D eigenvalue weighted by Gasteiger charge is -2.20. The Morgan fingerprint density at radius 3 is 2.06 bits per heavy atom. The highest BCUT2D eigenvalue weighted by molar-refractivity contribution is 5.74. The Morgan fingerprint density at radius 1 is 0.972 bits per heavy atom. The number of aliphatic hydroxyl groups excluding tert-OH is 2. The van der Waals surface area contributed by atoms with Gasteiger partial charge in [-0.1, -0.05) is 0 Å². The molecule has 36 heavy (non-hydrogen) atoms. The Balaban J connectivity index is 1.35. The van der Waals surface area contributed by atoms with Crippen molar-refractivity contribution in [2.45, 2.75) is 63.5 Å². The maximum absolute atomic E-state index is 12.5. The number of carbonyl (C=O) groups is 1. The van der Waals surface area contributed by atoms with Crippen molar-refractivity contribution in [3.8, 4) is 0 Å². The molecule has 6 N–H and O–H groups in total. The number of amides is 2. The molecule has 15 heteroatoms. The molecule has 0 bridgehead atoms. The molecule has 2 aliphatic rings. The smallest absolute Gasteiger partial charge is 0.330 e.